The lowest BCUT2D eigenvalue weighted by Gasteiger charge is -2.21. The zero-order valence-electron chi connectivity index (χ0n) is 14.3. The fourth-order valence-corrected chi connectivity index (χ4v) is 1.91. The summed E-state index contributed by atoms with van der Waals surface area (Å²) in [6, 6.07) is 6.55. The van der Waals surface area contributed by atoms with E-state index in [1.165, 1.54) is 0 Å². The Morgan fingerprint density at radius 3 is 2.30 bits per heavy atom. The molecular formula is C18H25NO4. The molecule has 0 unspecified atom stereocenters. The highest BCUT2D eigenvalue weighted by atomic mass is 16.5. The van der Waals surface area contributed by atoms with Crippen LogP contribution < -0.4 is 4.74 Å². The molecule has 23 heavy (non-hydrogen) atoms. The lowest BCUT2D eigenvalue weighted by atomic mass is 10.2. The second-order valence-corrected chi connectivity index (χ2v) is 5.63. The second kappa shape index (κ2) is 8.98. The smallest absolute Gasteiger partial charge is 0.338 e. The number of hydrogen-bond acceptors (Lipinski definition) is 4. The third kappa shape index (κ3) is 6.55. The Morgan fingerprint density at radius 1 is 1.22 bits per heavy atom. The standard InChI is InChI=1S/C18H25NO4/c1-6-19(11-13(2)3)17(20)12-22-16-9-7-15(8-10-16)18(21)23-14(4)5/h7-10,14H,2,6,11-12H2,1,3-5H3. The van der Waals surface area contributed by atoms with E-state index in [0.29, 0.717) is 24.4 Å². The molecular weight excluding hydrogens is 294 g/mol. The molecule has 0 atom stereocenters. The Kier molecular flexibility index (Phi) is 7.32. The molecule has 0 spiro atoms. The van der Waals surface area contributed by atoms with Gasteiger partial charge in [0.15, 0.2) is 6.61 Å². The number of esters is 1. The van der Waals surface area contributed by atoms with Crippen molar-refractivity contribution in [2.45, 2.75) is 33.8 Å². The van der Waals surface area contributed by atoms with E-state index in [0.717, 1.165) is 5.57 Å². The first-order chi connectivity index (χ1) is 10.8. The van der Waals surface area contributed by atoms with E-state index in [1.807, 2.05) is 13.8 Å². The van der Waals surface area contributed by atoms with Gasteiger partial charge in [-0.25, -0.2) is 4.79 Å². The van der Waals surface area contributed by atoms with E-state index in [1.54, 1.807) is 43.0 Å². The molecule has 5 heteroatoms. The van der Waals surface area contributed by atoms with E-state index in [9.17, 15) is 9.59 Å². The van der Waals surface area contributed by atoms with Crippen LogP contribution in [0, 0.1) is 0 Å². The Morgan fingerprint density at radius 2 is 1.83 bits per heavy atom. The number of ether oxygens (including phenoxy) is 2. The maximum absolute atomic E-state index is 12.1. The summed E-state index contributed by atoms with van der Waals surface area (Å²) in [7, 11) is 0. The Hall–Kier alpha value is -2.30. The molecule has 0 aliphatic carbocycles. The summed E-state index contributed by atoms with van der Waals surface area (Å²) in [5.74, 6) is 0.0610. The number of likely N-dealkylation sites (N-methyl/N-ethyl adjacent to an activating group) is 1. The summed E-state index contributed by atoms with van der Waals surface area (Å²) in [4.78, 5) is 25.5. The first-order valence-electron chi connectivity index (χ1n) is 7.69. The number of rotatable bonds is 8. The maximum atomic E-state index is 12.1. The van der Waals surface area contributed by atoms with Gasteiger partial charge in [-0.15, -0.1) is 0 Å². The van der Waals surface area contributed by atoms with E-state index >= 15 is 0 Å². The average molecular weight is 319 g/mol. The van der Waals surface area contributed by atoms with Crippen LogP contribution in [0.1, 0.15) is 38.1 Å². The quantitative estimate of drug-likeness (QED) is 0.546. The summed E-state index contributed by atoms with van der Waals surface area (Å²) < 4.78 is 10.6. The Balaban J connectivity index is 2.57. The molecule has 0 radical (unpaired) electrons. The predicted molar refractivity (Wildman–Crippen MR) is 89.6 cm³/mol. The molecule has 0 fully saturated rings. The van der Waals surface area contributed by atoms with Crippen LogP contribution in [0.5, 0.6) is 5.75 Å². The predicted octanol–water partition coefficient (Wildman–Crippen LogP) is 3.06. The molecule has 1 aromatic rings. The van der Waals surface area contributed by atoms with Crippen LogP contribution in [0.3, 0.4) is 0 Å². The van der Waals surface area contributed by atoms with Crippen molar-refractivity contribution in [2.24, 2.45) is 0 Å². The Bertz CT molecular complexity index is 549. The second-order valence-electron chi connectivity index (χ2n) is 5.63. The minimum atomic E-state index is -0.374. The number of amides is 1. The highest BCUT2D eigenvalue weighted by molar-refractivity contribution is 5.89. The van der Waals surface area contributed by atoms with E-state index in [2.05, 4.69) is 6.58 Å². The number of carbonyl (C=O) groups excluding carboxylic acids is 2. The number of hydrogen-bond donors (Lipinski definition) is 0. The van der Waals surface area contributed by atoms with Gasteiger partial charge in [-0.05, 0) is 52.0 Å². The van der Waals surface area contributed by atoms with E-state index in [-0.39, 0.29) is 24.6 Å². The van der Waals surface area contributed by atoms with Gasteiger partial charge in [0, 0.05) is 13.1 Å². The molecule has 0 saturated heterocycles. The van der Waals surface area contributed by atoms with Crippen molar-refractivity contribution in [2.75, 3.05) is 19.7 Å². The SMILES string of the molecule is C=C(C)CN(CC)C(=O)COc1ccc(C(=O)OC(C)C)cc1. The molecule has 0 aliphatic rings. The topological polar surface area (TPSA) is 55.8 Å². The fourth-order valence-electron chi connectivity index (χ4n) is 1.91. The highest BCUT2D eigenvalue weighted by Crippen LogP contribution is 2.14. The zero-order valence-corrected chi connectivity index (χ0v) is 14.3. The number of benzene rings is 1. The molecule has 0 N–H and O–H groups in total. The largest absolute Gasteiger partial charge is 0.484 e. The molecule has 0 bridgehead atoms. The van der Waals surface area contributed by atoms with Crippen LogP contribution in [0.4, 0.5) is 0 Å². The molecule has 0 heterocycles. The van der Waals surface area contributed by atoms with E-state index < -0.39 is 0 Å². The first-order valence-corrected chi connectivity index (χ1v) is 7.69. The minimum absolute atomic E-state index is 0.0447. The van der Waals surface area contributed by atoms with Gasteiger partial charge >= 0.3 is 5.97 Å². The zero-order chi connectivity index (χ0) is 17.4. The van der Waals surface area contributed by atoms with Crippen LogP contribution in [-0.2, 0) is 9.53 Å². The summed E-state index contributed by atoms with van der Waals surface area (Å²) in [5, 5.41) is 0. The number of carbonyl (C=O) groups is 2. The number of nitrogens with zero attached hydrogens (tertiary/aromatic N) is 1. The lowest BCUT2D eigenvalue weighted by molar-refractivity contribution is -0.132. The van der Waals surface area contributed by atoms with Crippen LogP contribution in [0.25, 0.3) is 0 Å². The Labute approximate surface area is 137 Å². The van der Waals surface area contributed by atoms with Crippen LogP contribution in [-0.4, -0.2) is 42.6 Å². The van der Waals surface area contributed by atoms with Crippen LogP contribution in [0.2, 0.25) is 0 Å². The molecule has 0 aliphatic heterocycles. The molecule has 0 saturated carbocycles. The summed E-state index contributed by atoms with van der Waals surface area (Å²) in [6.45, 7) is 12.3. The maximum Gasteiger partial charge on any atom is 0.338 e. The third-order valence-corrected chi connectivity index (χ3v) is 2.99. The minimum Gasteiger partial charge on any atom is -0.484 e. The van der Waals surface area contributed by atoms with Crippen molar-refractivity contribution in [1.29, 1.82) is 0 Å². The van der Waals surface area contributed by atoms with Gasteiger partial charge < -0.3 is 14.4 Å². The molecule has 1 amide bonds. The van der Waals surface area contributed by atoms with Crippen LogP contribution >= 0.6 is 0 Å². The molecule has 5 nitrogen and oxygen atoms in total. The monoisotopic (exact) mass is 319 g/mol. The first kappa shape index (κ1) is 18.7. The lowest BCUT2D eigenvalue weighted by Crippen LogP contribution is -2.35. The van der Waals surface area contributed by atoms with Gasteiger partial charge in [-0.2, -0.15) is 0 Å². The summed E-state index contributed by atoms with van der Waals surface area (Å²) >= 11 is 0. The van der Waals surface area contributed by atoms with Crippen molar-refractivity contribution in [1.82, 2.24) is 4.90 Å². The van der Waals surface area contributed by atoms with Crippen molar-refractivity contribution in [3.63, 3.8) is 0 Å². The van der Waals surface area contributed by atoms with E-state index in [4.69, 9.17) is 9.47 Å². The fraction of sp³-hybridized carbons (Fsp3) is 0.444. The molecule has 1 aromatic carbocycles. The average Bonchev–Trinajstić information content (AvgIpc) is 2.49. The molecule has 0 aromatic heterocycles. The van der Waals surface area contributed by atoms with Gasteiger partial charge in [-0.3, -0.25) is 4.79 Å². The summed E-state index contributed by atoms with van der Waals surface area (Å²) in [5.41, 5.74) is 1.38. The summed E-state index contributed by atoms with van der Waals surface area (Å²) in [6.07, 6.45) is -0.163. The van der Waals surface area contributed by atoms with Crippen molar-refractivity contribution >= 4 is 11.9 Å². The van der Waals surface area contributed by atoms with Gasteiger partial charge in [0.05, 0.1) is 11.7 Å². The third-order valence-electron chi connectivity index (χ3n) is 2.99. The van der Waals surface area contributed by atoms with Gasteiger partial charge in [-0.1, -0.05) is 12.2 Å². The van der Waals surface area contributed by atoms with Crippen molar-refractivity contribution < 1.29 is 19.1 Å². The molecule has 1 rings (SSSR count). The molecule has 126 valence electrons. The van der Waals surface area contributed by atoms with Gasteiger partial charge in [0.1, 0.15) is 5.75 Å². The van der Waals surface area contributed by atoms with Gasteiger partial charge in [0.2, 0.25) is 0 Å². The van der Waals surface area contributed by atoms with Crippen LogP contribution in [0.15, 0.2) is 36.4 Å². The van der Waals surface area contributed by atoms with Gasteiger partial charge in [0.25, 0.3) is 5.91 Å². The van der Waals surface area contributed by atoms with Crippen molar-refractivity contribution in [3.05, 3.63) is 42.0 Å². The van der Waals surface area contributed by atoms with Crippen molar-refractivity contribution in [3.8, 4) is 5.75 Å². The normalized spacial score (nSPS) is 10.3. The highest BCUT2D eigenvalue weighted by Gasteiger charge is 2.13.